The Morgan fingerprint density at radius 1 is 1.42 bits per heavy atom. The first kappa shape index (κ1) is 11.8. The Balaban J connectivity index is 3.12. The van der Waals surface area contributed by atoms with Crippen LogP contribution in [0.3, 0.4) is 0 Å². The first-order chi connectivity index (χ1) is 5.56. The maximum absolute atomic E-state index is 11.9. The third kappa shape index (κ3) is 9.80. The van der Waals surface area contributed by atoms with Crippen molar-refractivity contribution >= 4 is 10.2 Å². The zero-order valence-electron chi connectivity index (χ0n) is 7.05. The van der Waals surface area contributed by atoms with E-state index in [2.05, 4.69) is 5.32 Å². The van der Waals surface area contributed by atoms with Crippen LogP contribution in [0.2, 0.25) is 0 Å². The lowest BCUT2D eigenvalue weighted by Crippen LogP contribution is -2.22. The quantitative estimate of drug-likeness (QED) is 0.460. The van der Waals surface area contributed by atoms with E-state index in [0.717, 1.165) is 6.42 Å². The molecule has 74 valence electrons. The van der Waals surface area contributed by atoms with Crippen LogP contribution in [0.1, 0.15) is 6.42 Å². The fraction of sp³-hybridized carbons (Fsp3) is 1.00. The van der Waals surface area contributed by atoms with Gasteiger partial charge in [-0.2, -0.15) is 8.42 Å². The number of hydrogen-bond donors (Lipinski definition) is 1. The van der Waals surface area contributed by atoms with Crippen LogP contribution >= 0.6 is 0 Å². The average Bonchev–Trinajstić information content (AvgIpc) is 1.94. The SMILES string of the molecule is COCCCNCCS(=O)(=O)F. The van der Waals surface area contributed by atoms with E-state index < -0.39 is 16.0 Å². The van der Waals surface area contributed by atoms with Crippen LogP contribution in [0, 0.1) is 0 Å². The van der Waals surface area contributed by atoms with Crippen LogP contribution in [-0.4, -0.2) is 41.0 Å². The highest BCUT2D eigenvalue weighted by Crippen LogP contribution is 1.87. The molecule has 0 saturated carbocycles. The molecule has 0 saturated heterocycles. The number of halogens is 1. The van der Waals surface area contributed by atoms with Gasteiger partial charge in [0.05, 0.1) is 5.75 Å². The van der Waals surface area contributed by atoms with Crippen LogP contribution < -0.4 is 5.32 Å². The molecule has 0 rings (SSSR count). The summed E-state index contributed by atoms with van der Waals surface area (Å²) in [6, 6.07) is 0. The Morgan fingerprint density at radius 2 is 2.08 bits per heavy atom. The van der Waals surface area contributed by atoms with Gasteiger partial charge in [0.15, 0.2) is 0 Å². The molecule has 0 amide bonds. The molecule has 4 nitrogen and oxygen atoms in total. The lowest BCUT2D eigenvalue weighted by Gasteiger charge is -2.01. The van der Waals surface area contributed by atoms with Crippen molar-refractivity contribution < 1.29 is 17.0 Å². The Morgan fingerprint density at radius 3 is 2.58 bits per heavy atom. The summed E-state index contributed by atoms with van der Waals surface area (Å²) in [5, 5.41) is 2.78. The van der Waals surface area contributed by atoms with Gasteiger partial charge in [-0.3, -0.25) is 0 Å². The lowest BCUT2D eigenvalue weighted by atomic mass is 10.4. The fourth-order valence-electron chi connectivity index (χ4n) is 0.661. The summed E-state index contributed by atoms with van der Waals surface area (Å²) in [5.74, 6) is -0.458. The monoisotopic (exact) mass is 199 g/mol. The maximum atomic E-state index is 11.9. The third-order valence-electron chi connectivity index (χ3n) is 1.22. The minimum atomic E-state index is -4.31. The van der Waals surface area contributed by atoms with Crippen LogP contribution in [-0.2, 0) is 15.0 Å². The standard InChI is InChI=1S/C6H14FNO3S/c1-11-5-2-3-8-4-6-12(7,9)10/h8H,2-6H2,1H3. The summed E-state index contributed by atoms with van der Waals surface area (Å²) in [4.78, 5) is 0. The molecule has 0 aliphatic heterocycles. The number of methoxy groups -OCH3 is 1. The smallest absolute Gasteiger partial charge is 0.303 e. The van der Waals surface area contributed by atoms with Gasteiger partial charge in [0.2, 0.25) is 0 Å². The van der Waals surface area contributed by atoms with Crippen molar-refractivity contribution in [3.8, 4) is 0 Å². The number of nitrogens with one attached hydrogen (secondary N) is 1. The molecule has 0 bridgehead atoms. The Labute approximate surface area is 72.3 Å². The highest BCUT2D eigenvalue weighted by atomic mass is 32.3. The van der Waals surface area contributed by atoms with Gasteiger partial charge in [-0.15, -0.1) is 3.89 Å². The minimum Gasteiger partial charge on any atom is -0.385 e. The molecule has 0 atom stereocenters. The van der Waals surface area contributed by atoms with E-state index in [9.17, 15) is 12.3 Å². The summed E-state index contributed by atoms with van der Waals surface area (Å²) in [6.45, 7) is 1.42. The zero-order valence-corrected chi connectivity index (χ0v) is 7.86. The van der Waals surface area contributed by atoms with Crippen molar-refractivity contribution in [1.29, 1.82) is 0 Å². The largest absolute Gasteiger partial charge is 0.385 e. The number of hydrogen-bond acceptors (Lipinski definition) is 4. The van der Waals surface area contributed by atoms with Gasteiger partial charge < -0.3 is 10.1 Å². The molecule has 0 unspecified atom stereocenters. The highest BCUT2D eigenvalue weighted by molar-refractivity contribution is 7.86. The second-order valence-electron chi connectivity index (χ2n) is 2.34. The summed E-state index contributed by atoms with van der Waals surface area (Å²) >= 11 is 0. The Hall–Kier alpha value is -0.200. The molecule has 0 aromatic heterocycles. The van der Waals surface area contributed by atoms with Crippen molar-refractivity contribution in [3.63, 3.8) is 0 Å². The molecule has 0 aliphatic carbocycles. The number of rotatable bonds is 7. The minimum absolute atomic E-state index is 0.155. The van der Waals surface area contributed by atoms with Gasteiger partial charge in [0.1, 0.15) is 0 Å². The van der Waals surface area contributed by atoms with Crippen molar-refractivity contribution in [1.82, 2.24) is 5.32 Å². The molecule has 0 aromatic rings. The molecule has 0 radical (unpaired) electrons. The van der Waals surface area contributed by atoms with E-state index in [4.69, 9.17) is 4.74 Å². The second kappa shape index (κ2) is 6.33. The van der Waals surface area contributed by atoms with Crippen molar-refractivity contribution in [2.45, 2.75) is 6.42 Å². The first-order valence-corrected chi connectivity index (χ1v) is 5.23. The van der Waals surface area contributed by atoms with Gasteiger partial charge in [0, 0.05) is 20.3 Å². The van der Waals surface area contributed by atoms with Gasteiger partial charge in [-0.25, -0.2) is 0 Å². The van der Waals surface area contributed by atoms with Gasteiger partial charge in [-0.1, -0.05) is 0 Å². The average molecular weight is 199 g/mol. The molecule has 1 N–H and O–H groups in total. The van der Waals surface area contributed by atoms with E-state index in [1.165, 1.54) is 0 Å². The van der Waals surface area contributed by atoms with E-state index in [-0.39, 0.29) is 6.54 Å². The summed E-state index contributed by atoms with van der Waals surface area (Å²) in [5.41, 5.74) is 0. The lowest BCUT2D eigenvalue weighted by molar-refractivity contribution is 0.194. The summed E-state index contributed by atoms with van der Waals surface area (Å²) in [6.07, 6.45) is 0.794. The molecule has 0 aromatic carbocycles. The summed E-state index contributed by atoms with van der Waals surface area (Å²) < 4.78 is 36.6. The number of ether oxygens (including phenoxy) is 1. The summed E-state index contributed by atoms with van der Waals surface area (Å²) in [7, 11) is -2.72. The van der Waals surface area contributed by atoms with Crippen molar-refractivity contribution in [2.75, 3.05) is 32.6 Å². The van der Waals surface area contributed by atoms with Crippen molar-refractivity contribution in [3.05, 3.63) is 0 Å². The molecular weight excluding hydrogens is 185 g/mol. The highest BCUT2D eigenvalue weighted by Gasteiger charge is 2.04. The molecule has 0 fully saturated rings. The third-order valence-corrected chi connectivity index (χ3v) is 1.92. The van der Waals surface area contributed by atoms with Crippen LogP contribution in [0.25, 0.3) is 0 Å². The van der Waals surface area contributed by atoms with Gasteiger partial charge >= 0.3 is 10.2 Å². The molecule has 12 heavy (non-hydrogen) atoms. The van der Waals surface area contributed by atoms with E-state index >= 15 is 0 Å². The second-order valence-corrected chi connectivity index (χ2v) is 3.83. The molecule has 6 heteroatoms. The molecule has 0 spiro atoms. The van der Waals surface area contributed by atoms with Gasteiger partial charge in [-0.05, 0) is 13.0 Å². The predicted molar refractivity (Wildman–Crippen MR) is 44.3 cm³/mol. The van der Waals surface area contributed by atoms with Crippen LogP contribution in [0.5, 0.6) is 0 Å². The maximum Gasteiger partial charge on any atom is 0.303 e. The normalized spacial score (nSPS) is 11.8. The fourth-order valence-corrected chi connectivity index (χ4v) is 1.05. The van der Waals surface area contributed by atoms with Crippen LogP contribution in [0.4, 0.5) is 3.89 Å². The van der Waals surface area contributed by atoms with E-state index in [1.807, 2.05) is 0 Å². The van der Waals surface area contributed by atoms with Crippen LogP contribution in [0.15, 0.2) is 0 Å². The zero-order chi connectivity index (χ0) is 9.45. The molecule has 0 heterocycles. The predicted octanol–water partition coefficient (Wildman–Crippen LogP) is -0.0882. The first-order valence-electron chi connectivity index (χ1n) is 3.68. The van der Waals surface area contributed by atoms with Gasteiger partial charge in [0.25, 0.3) is 0 Å². The Bertz CT molecular complexity index is 193. The Kier molecular flexibility index (Phi) is 6.23. The molecular formula is C6H14FNO3S. The van der Waals surface area contributed by atoms with E-state index in [1.54, 1.807) is 7.11 Å². The van der Waals surface area contributed by atoms with Crippen molar-refractivity contribution in [2.24, 2.45) is 0 Å². The topological polar surface area (TPSA) is 55.4 Å². The van der Waals surface area contributed by atoms with E-state index in [0.29, 0.717) is 13.2 Å². The molecule has 0 aliphatic rings.